The molecule has 0 bridgehead atoms. The minimum Gasteiger partial charge on any atom is -0.480 e. The molecule has 5 heteroatoms. The number of aromatic amines is 1. The Kier molecular flexibility index (Phi) is 3.45. The SMILES string of the molecule is CCNC(Cc1c[nH]cn1)C(=O)O. The molecular formula is C8H13N3O2. The molecule has 1 aromatic rings. The molecule has 5 nitrogen and oxygen atoms in total. The lowest BCUT2D eigenvalue weighted by Gasteiger charge is -2.10. The fraction of sp³-hybridized carbons (Fsp3) is 0.500. The molecule has 0 saturated carbocycles. The van der Waals surface area contributed by atoms with Crippen LogP contribution in [0, 0.1) is 0 Å². The van der Waals surface area contributed by atoms with Gasteiger partial charge >= 0.3 is 5.97 Å². The highest BCUT2D eigenvalue weighted by molar-refractivity contribution is 5.73. The third-order valence-corrected chi connectivity index (χ3v) is 1.72. The van der Waals surface area contributed by atoms with E-state index in [-0.39, 0.29) is 0 Å². The van der Waals surface area contributed by atoms with Gasteiger partial charge in [0, 0.05) is 12.6 Å². The molecular weight excluding hydrogens is 170 g/mol. The van der Waals surface area contributed by atoms with Crippen LogP contribution in [-0.2, 0) is 11.2 Å². The molecule has 0 aromatic carbocycles. The molecule has 3 N–H and O–H groups in total. The van der Waals surface area contributed by atoms with Crippen LogP contribution in [-0.4, -0.2) is 33.6 Å². The van der Waals surface area contributed by atoms with Gasteiger partial charge in [0.05, 0.1) is 12.0 Å². The van der Waals surface area contributed by atoms with Crippen molar-refractivity contribution in [3.63, 3.8) is 0 Å². The third-order valence-electron chi connectivity index (χ3n) is 1.72. The second-order valence-electron chi connectivity index (χ2n) is 2.71. The molecule has 0 spiro atoms. The molecule has 0 aliphatic carbocycles. The van der Waals surface area contributed by atoms with E-state index >= 15 is 0 Å². The molecule has 1 aromatic heterocycles. The normalized spacial score (nSPS) is 12.7. The zero-order valence-electron chi connectivity index (χ0n) is 7.45. The Bertz CT molecular complexity index is 258. The number of carboxylic acid groups (broad SMARTS) is 1. The molecule has 1 atom stereocenters. The topological polar surface area (TPSA) is 78.0 Å². The Morgan fingerprint density at radius 3 is 3.08 bits per heavy atom. The van der Waals surface area contributed by atoms with Crippen molar-refractivity contribution in [2.24, 2.45) is 0 Å². The van der Waals surface area contributed by atoms with E-state index in [0.717, 1.165) is 5.69 Å². The molecule has 1 rings (SSSR count). The van der Waals surface area contributed by atoms with E-state index in [0.29, 0.717) is 13.0 Å². The Labute approximate surface area is 76.2 Å². The molecule has 72 valence electrons. The number of aromatic nitrogens is 2. The zero-order chi connectivity index (χ0) is 9.68. The third kappa shape index (κ3) is 2.87. The summed E-state index contributed by atoms with van der Waals surface area (Å²) in [7, 11) is 0. The first-order chi connectivity index (χ1) is 6.24. The molecule has 0 radical (unpaired) electrons. The lowest BCUT2D eigenvalue weighted by molar-refractivity contribution is -0.139. The van der Waals surface area contributed by atoms with Crippen LogP contribution in [0.25, 0.3) is 0 Å². The van der Waals surface area contributed by atoms with E-state index in [1.165, 1.54) is 0 Å². The summed E-state index contributed by atoms with van der Waals surface area (Å²) in [5.74, 6) is -0.843. The van der Waals surface area contributed by atoms with E-state index < -0.39 is 12.0 Å². The number of nitrogens with zero attached hydrogens (tertiary/aromatic N) is 1. The van der Waals surface area contributed by atoms with Crippen molar-refractivity contribution in [2.45, 2.75) is 19.4 Å². The van der Waals surface area contributed by atoms with Crippen molar-refractivity contribution in [3.8, 4) is 0 Å². The standard InChI is InChI=1S/C8H13N3O2/c1-2-10-7(8(12)13)3-6-4-9-5-11-6/h4-5,7,10H,2-3H2,1H3,(H,9,11)(H,12,13). The lowest BCUT2D eigenvalue weighted by atomic mass is 10.1. The average Bonchev–Trinajstić information content (AvgIpc) is 2.56. The summed E-state index contributed by atoms with van der Waals surface area (Å²) in [6.07, 6.45) is 3.65. The Hall–Kier alpha value is -1.36. The van der Waals surface area contributed by atoms with Gasteiger partial charge in [0.15, 0.2) is 0 Å². The smallest absolute Gasteiger partial charge is 0.321 e. The average molecular weight is 183 g/mol. The Morgan fingerprint density at radius 1 is 1.85 bits per heavy atom. The summed E-state index contributed by atoms with van der Waals surface area (Å²) in [5, 5.41) is 11.7. The summed E-state index contributed by atoms with van der Waals surface area (Å²) < 4.78 is 0. The van der Waals surface area contributed by atoms with Gasteiger partial charge in [0.2, 0.25) is 0 Å². The summed E-state index contributed by atoms with van der Waals surface area (Å²) in [6, 6.07) is -0.548. The quantitative estimate of drug-likeness (QED) is 0.601. The number of aliphatic carboxylic acids is 1. The summed E-state index contributed by atoms with van der Waals surface area (Å²) in [5.41, 5.74) is 0.758. The van der Waals surface area contributed by atoms with Crippen molar-refractivity contribution >= 4 is 5.97 Å². The number of H-pyrrole nitrogens is 1. The van der Waals surface area contributed by atoms with Crippen LogP contribution in [0.4, 0.5) is 0 Å². The van der Waals surface area contributed by atoms with Gasteiger partial charge in [-0.15, -0.1) is 0 Å². The van der Waals surface area contributed by atoms with Crippen molar-refractivity contribution in [1.29, 1.82) is 0 Å². The van der Waals surface area contributed by atoms with Gasteiger partial charge in [-0.3, -0.25) is 4.79 Å². The number of likely N-dealkylation sites (N-methyl/N-ethyl adjacent to an activating group) is 1. The molecule has 13 heavy (non-hydrogen) atoms. The van der Waals surface area contributed by atoms with Crippen LogP contribution in [0.3, 0.4) is 0 Å². The maximum Gasteiger partial charge on any atom is 0.321 e. The first-order valence-corrected chi connectivity index (χ1v) is 4.18. The summed E-state index contributed by atoms with van der Waals surface area (Å²) in [6.45, 7) is 2.52. The predicted molar refractivity (Wildman–Crippen MR) is 47.4 cm³/mol. The van der Waals surface area contributed by atoms with Crippen LogP contribution in [0.5, 0.6) is 0 Å². The van der Waals surface area contributed by atoms with Crippen LogP contribution < -0.4 is 5.32 Å². The van der Waals surface area contributed by atoms with Crippen molar-refractivity contribution in [2.75, 3.05) is 6.54 Å². The number of carboxylic acids is 1. The first kappa shape index (κ1) is 9.73. The highest BCUT2D eigenvalue weighted by atomic mass is 16.4. The second-order valence-corrected chi connectivity index (χ2v) is 2.71. The van der Waals surface area contributed by atoms with Crippen molar-refractivity contribution < 1.29 is 9.90 Å². The number of imidazole rings is 1. The number of hydrogen-bond donors (Lipinski definition) is 3. The van der Waals surface area contributed by atoms with Crippen LogP contribution in [0.2, 0.25) is 0 Å². The van der Waals surface area contributed by atoms with Gasteiger partial charge in [-0.25, -0.2) is 4.98 Å². The van der Waals surface area contributed by atoms with Gasteiger partial charge in [-0.05, 0) is 6.54 Å². The number of carbonyl (C=O) groups is 1. The van der Waals surface area contributed by atoms with Crippen LogP contribution in [0.1, 0.15) is 12.6 Å². The minimum absolute atomic E-state index is 0.409. The number of hydrogen-bond acceptors (Lipinski definition) is 3. The van der Waals surface area contributed by atoms with Gasteiger partial charge in [0.1, 0.15) is 6.04 Å². The minimum atomic E-state index is -0.843. The summed E-state index contributed by atoms with van der Waals surface area (Å²) in [4.78, 5) is 17.5. The molecule has 1 unspecified atom stereocenters. The highest BCUT2D eigenvalue weighted by Gasteiger charge is 2.16. The fourth-order valence-corrected chi connectivity index (χ4v) is 1.10. The van der Waals surface area contributed by atoms with E-state index in [2.05, 4.69) is 15.3 Å². The molecule has 0 aliphatic rings. The lowest BCUT2D eigenvalue weighted by Crippen LogP contribution is -2.38. The first-order valence-electron chi connectivity index (χ1n) is 4.18. The predicted octanol–water partition coefficient (Wildman–Crippen LogP) is 0.0149. The van der Waals surface area contributed by atoms with Gasteiger partial charge in [-0.1, -0.05) is 6.92 Å². The largest absolute Gasteiger partial charge is 0.480 e. The van der Waals surface area contributed by atoms with Gasteiger partial charge in [-0.2, -0.15) is 0 Å². The molecule has 0 amide bonds. The van der Waals surface area contributed by atoms with E-state index in [1.807, 2.05) is 6.92 Å². The highest BCUT2D eigenvalue weighted by Crippen LogP contribution is 1.98. The van der Waals surface area contributed by atoms with Crippen LogP contribution in [0.15, 0.2) is 12.5 Å². The van der Waals surface area contributed by atoms with E-state index in [1.54, 1.807) is 12.5 Å². The molecule has 0 saturated heterocycles. The number of nitrogens with one attached hydrogen (secondary N) is 2. The Balaban J connectivity index is 2.52. The number of rotatable bonds is 5. The summed E-state index contributed by atoms with van der Waals surface area (Å²) >= 11 is 0. The second kappa shape index (κ2) is 4.61. The Morgan fingerprint density at radius 2 is 2.62 bits per heavy atom. The van der Waals surface area contributed by atoms with Crippen molar-refractivity contribution in [1.82, 2.24) is 15.3 Å². The van der Waals surface area contributed by atoms with Crippen molar-refractivity contribution in [3.05, 3.63) is 18.2 Å². The monoisotopic (exact) mass is 183 g/mol. The maximum atomic E-state index is 10.7. The maximum absolute atomic E-state index is 10.7. The van der Waals surface area contributed by atoms with E-state index in [4.69, 9.17) is 5.11 Å². The molecule has 0 fully saturated rings. The van der Waals surface area contributed by atoms with E-state index in [9.17, 15) is 4.79 Å². The van der Waals surface area contributed by atoms with Crippen LogP contribution >= 0.6 is 0 Å². The fourth-order valence-electron chi connectivity index (χ4n) is 1.10. The van der Waals surface area contributed by atoms with Gasteiger partial charge < -0.3 is 15.4 Å². The molecule has 0 aliphatic heterocycles. The molecule has 1 heterocycles. The van der Waals surface area contributed by atoms with Gasteiger partial charge in [0.25, 0.3) is 0 Å². The zero-order valence-corrected chi connectivity index (χ0v) is 7.45.